The molecule has 1 aromatic heterocycles. The summed E-state index contributed by atoms with van der Waals surface area (Å²) in [6.07, 6.45) is 3.25. The number of imide groups is 1. The molecule has 1 atom stereocenters. The lowest BCUT2D eigenvalue weighted by molar-refractivity contribution is 0.0641. The average Bonchev–Trinajstić information content (AvgIpc) is 2.92. The largest absolute Gasteiger partial charge is 0.336 e. The van der Waals surface area contributed by atoms with Crippen LogP contribution in [0.25, 0.3) is 0 Å². The molecule has 3 amide bonds. The molecule has 1 saturated heterocycles. The molecule has 1 fully saturated rings. The van der Waals surface area contributed by atoms with Gasteiger partial charge in [-0.1, -0.05) is 0 Å². The summed E-state index contributed by atoms with van der Waals surface area (Å²) < 4.78 is 0. The van der Waals surface area contributed by atoms with Crippen molar-refractivity contribution in [1.82, 2.24) is 20.1 Å². The fourth-order valence-electron chi connectivity index (χ4n) is 3.54. The van der Waals surface area contributed by atoms with Crippen molar-refractivity contribution in [3.8, 4) is 0 Å². The highest BCUT2D eigenvalue weighted by molar-refractivity contribution is 6.22. The zero-order chi connectivity index (χ0) is 19.0. The molecule has 3 heterocycles. The van der Waals surface area contributed by atoms with Gasteiger partial charge >= 0.3 is 0 Å². The van der Waals surface area contributed by atoms with Crippen molar-refractivity contribution in [3.63, 3.8) is 0 Å². The molecule has 2 aromatic rings. The fourth-order valence-corrected chi connectivity index (χ4v) is 3.54. The van der Waals surface area contributed by atoms with E-state index in [0.717, 1.165) is 12.1 Å². The lowest BCUT2D eigenvalue weighted by Crippen LogP contribution is -2.51. The molecule has 1 unspecified atom stereocenters. The van der Waals surface area contributed by atoms with Crippen LogP contribution in [0.1, 0.15) is 43.6 Å². The Morgan fingerprint density at radius 2 is 1.89 bits per heavy atom. The number of carbonyl (C=O) groups is 3. The van der Waals surface area contributed by atoms with Gasteiger partial charge in [-0.15, -0.1) is 0 Å². The fraction of sp³-hybridized carbons (Fsp3) is 0.300. The summed E-state index contributed by atoms with van der Waals surface area (Å²) in [6, 6.07) is 8.54. The van der Waals surface area contributed by atoms with Gasteiger partial charge < -0.3 is 10.2 Å². The number of nitrogens with one attached hydrogen (secondary N) is 1. The van der Waals surface area contributed by atoms with Crippen LogP contribution < -0.4 is 5.32 Å². The number of piperazine rings is 1. The van der Waals surface area contributed by atoms with Gasteiger partial charge in [0.05, 0.1) is 17.7 Å². The maximum absolute atomic E-state index is 12.8. The smallest absolute Gasteiger partial charge is 0.261 e. The van der Waals surface area contributed by atoms with Gasteiger partial charge in [-0.2, -0.15) is 0 Å². The molecule has 0 bridgehead atoms. The normalized spacial score (nSPS) is 19.4. The SMILES string of the molecule is CC1CN(C(=O)c2ccc3c(c2)C(=O)N(Cc2ccncc2)C3=O)CCN1. The maximum Gasteiger partial charge on any atom is 0.261 e. The van der Waals surface area contributed by atoms with E-state index in [9.17, 15) is 14.4 Å². The molecule has 0 aliphatic carbocycles. The molecular weight excluding hydrogens is 344 g/mol. The number of rotatable bonds is 3. The van der Waals surface area contributed by atoms with Crippen molar-refractivity contribution in [2.75, 3.05) is 19.6 Å². The predicted molar refractivity (Wildman–Crippen MR) is 98.3 cm³/mol. The second kappa shape index (κ2) is 6.92. The minimum Gasteiger partial charge on any atom is -0.336 e. The van der Waals surface area contributed by atoms with Crippen molar-refractivity contribution in [1.29, 1.82) is 0 Å². The number of fused-ring (bicyclic) bond motifs is 1. The molecule has 0 radical (unpaired) electrons. The van der Waals surface area contributed by atoms with Crippen molar-refractivity contribution in [2.45, 2.75) is 19.5 Å². The Labute approximate surface area is 157 Å². The van der Waals surface area contributed by atoms with Gasteiger partial charge in [-0.3, -0.25) is 24.3 Å². The van der Waals surface area contributed by atoms with E-state index >= 15 is 0 Å². The van der Waals surface area contributed by atoms with E-state index in [1.165, 1.54) is 4.90 Å². The molecule has 27 heavy (non-hydrogen) atoms. The first kappa shape index (κ1) is 17.4. The number of pyridine rings is 1. The highest BCUT2D eigenvalue weighted by Gasteiger charge is 2.36. The maximum atomic E-state index is 12.8. The van der Waals surface area contributed by atoms with E-state index in [0.29, 0.717) is 29.8 Å². The molecular formula is C20H20N4O3. The molecule has 0 spiro atoms. The Balaban J connectivity index is 1.58. The van der Waals surface area contributed by atoms with Gasteiger partial charge in [0.15, 0.2) is 0 Å². The van der Waals surface area contributed by atoms with Crippen molar-refractivity contribution >= 4 is 17.7 Å². The first-order chi connectivity index (χ1) is 13.0. The summed E-state index contributed by atoms with van der Waals surface area (Å²) >= 11 is 0. The van der Waals surface area contributed by atoms with Crippen LogP contribution in [0.4, 0.5) is 0 Å². The van der Waals surface area contributed by atoms with Crippen molar-refractivity contribution < 1.29 is 14.4 Å². The van der Waals surface area contributed by atoms with Gasteiger partial charge in [0.25, 0.3) is 17.7 Å². The third-order valence-corrected chi connectivity index (χ3v) is 4.96. The van der Waals surface area contributed by atoms with Gasteiger partial charge in [0.1, 0.15) is 0 Å². The molecule has 2 aliphatic rings. The zero-order valence-electron chi connectivity index (χ0n) is 15.0. The quantitative estimate of drug-likeness (QED) is 0.831. The van der Waals surface area contributed by atoms with Crippen LogP contribution in [-0.4, -0.2) is 58.2 Å². The van der Waals surface area contributed by atoms with E-state index in [4.69, 9.17) is 0 Å². The zero-order valence-corrected chi connectivity index (χ0v) is 15.0. The highest BCUT2D eigenvalue weighted by Crippen LogP contribution is 2.26. The van der Waals surface area contributed by atoms with E-state index in [2.05, 4.69) is 10.3 Å². The number of nitrogens with zero attached hydrogens (tertiary/aromatic N) is 3. The Bertz CT molecular complexity index is 913. The third-order valence-electron chi connectivity index (χ3n) is 4.96. The van der Waals surface area contributed by atoms with E-state index in [1.54, 1.807) is 47.6 Å². The third kappa shape index (κ3) is 3.21. The summed E-state index contributed by atoms with van der Waals surface area (Å²) in [5.41, 5.74) is 1.91. The Morgan fingerprint density at radius 3 is 2.63 bits per heavy atom. The number of aromatic nitrogens is 1. The summed E-state index contributed by atoms with van der Waals surface area (Å²) in [7, 11) is 0. The van der Waals surface area contributed by atoms with E-state index in [-0.39, 0.29) is 30.3 Å². The Morgan fingerprint density at radius 1 is 1.15 bits per heavy atom. The topological polar surface area (TPSA) is 82.6 Å². The first-order valence-electron chi connectivity index (χ1n) is 8.96. The van der Waals surface area contributed by atoms with Crippen LogP contribution in [0.3, 0.4) is 0 Å². The van der Waals surface area contributed by atoms with E-state index < -0.39 is 0 Å². The van der Waals surface area contributed by atoms with Gasteiger partial charge in [0.2, 0.25) is 0 Å². The minimum absolute atomic E-state index is 0.112. The van der Waals surface area contributed by atoms with Crippen LogP contribution in [0.2, 0.25) is 0 Å². The minimum atomic E-state index is -0.366. The summed E-state index contributed by atoms with van der Waals surface area (Å²) in [6.45, 7) is 4.21. The number of carbonyl (C=O) groups excluding carboxylic acids is 3. The standard InChI is InChI=1S/C20H20N4O3/c1-13-11-23(9-8-22-13)18(25)15-2-3-16-17(10-15)20(27)24(19(16)26)12-14-4-6-21-7-5-14/h2-7,10,13,22H,8-9,11-12H2,1H3. The molecule has 7 nitrogen and oxygen atoms in total. The number of hydrogen-bond donors (Lipinski definition) is 1. The average molecular weight is 364 g/mol. The second-order valence-electron chi connectivity index (χ2n) is 6.92. The Hall–Kier alpha value is -3.06. The van der Waals surface area contributed by atoms with Crippen LogP contribution >= 0.6 is 0 Å². The van der Waals surface area contributed by atoms with Gasteiger partial charge in [-0.05, 0) is 42.8 Å². The highest BCUT2D eigenvalue weighted by atomic mass is 16.2. The Kier molecular flexibility index (Phi) is 4.45. The lowest BCUT2D eigenvalue weighted by atomic mass is 10.0. The van der Waals surface area contributed by atoms with Crippen molar-refractivity contribution in [3.05, 3.63) is 65.0 Å². The predicted octanol–water partition coefficient (Wildman–Crippen LogP) is 1.31. The molecule has 4 rings (SSSR count). The number of hydrogen-bond acceptors (Lipinski definition) is 5. The monoisotopic (exact) mass is 364 g/mol. The number of amides is 3. The van der Waals surface area contributed by atoms with Crippen LogP contribution in [0.5, 0.6) is 0 Å². The summed E-state index contributed by atoms with van der Waals surface area (Å²) in [5, 5.41) is 3.30. The molecule has 0 saturated carbocycles. The second-order valence-corrected chi connectivity index (χ2v) is 6.92. The number of benzene rings is 1. The molecule has 2 aliphatic heterocycles. The lowest BCUT2D eigenvalue weighted by Gasteiger charge is -2.32. The van der Waals surface area contributed by atoms with Gasteiger partial charge in [-0.25, -0.2) is 0 Å². The molecule has 1 N–H and O–H groups in total. The summed E-state index contributed by atoms with van der Waals surface area (Å²) in [5.74, 6) is -0.810. The van der Waals surface area contributed by atoms with Gasteiger partial charge in [0, 0.05) is 43.6 Å². The van der Waals surface area contributed by atoms with Crippen LogP contribution in [0.15, 0.2) is 42.7 Å². The first-order valence-corrected chi connectivity index (χ1v) is 8.96. The van der Waals surface area contributed by atoms with E-state index in [1.807, 2.05) is 6.92 Å². The summed E-state index contributed by atoms with van der Waals surface area (Å²) in [4.78, 5) is 45.1. The van der Waals surface area contributed by atoms with Crippen LogP contribution in [0, 0.1) is 0 Å². The molecule has 7 heteroatoms. The molecule has 138 valence electrons. The molecule has 1 aromatic carbocycles. The van der Waals surface area contributed by atoms with Crippen LogP contribution in [-0.2, 0) is 6.54 Å². The van der Waals surface area contributed by atoms with Crippen molar-refractivity contribution in [2.24, 2.45) is 0 Å².